The van der Waals surface area contributed by atoms with Crippen LogP contribution in [0, 0.1) is 11.6 Å². The van der Waals surface area contributed by atoms with Crippen LogP contribution in [0.25, 0.3) is 0 Å². The third-order valence-corrected chi connectivity index (χ3v) is 5.56. The van der Waals surface area contributed by atoms with E-state index in [1.165, 1.54) is 17.4 Å². The van der Waals surface area contributed by atoms with Crippen LogP contribution >= 0.6 is 27.3 Å². The van der Waals surface area contributed by atoms with Crippen molar-refractivity contribution in [1.29, 1.82) is 0 Å². The van der Waals surface area contributed by atoms with Gasteiger partial charge in [-0.25, -0.2) is 17.2 Å². The van der Waals surface area contributed by atoms with Crippen LogP contribution in [0.5, 0.6) is 0 Å². The second-order valence-corrected chi connectivity index (χ2v) is 7.27. The molecule has 0 atom stereocenters. The van der Waals surface area contributed by atoms with E-state index in [2.05, 4.69) is 20.7 Å². The van der Waals surface area contributed by atoms with Crippen molar-refractivity contribution >= 4 is 43.0 Å². The number of hydrogen-bond donors (Lipinski definition) is 2. The minimum absolute atomic E-state index is 0.00940. The number of thiophene rings is 1. The van der Waals surface area contributed by atoms with Crippen molar-refractivity contribution in [3.63, 3.8) is 0 Å². The normalized spacial score (nSPS) is 11.6. The molecule has 2 aromatic rings. The molecule has 0 saturated heterocycles. The van der Waals surface area contributed by atoms with Gasteiger partial charge in [0.15, 0.2) is 0 Å². The van der Waals surface area contributed by atoms with E-state index in [9.17, 15) is 17.2 Å². The van der Waals surface area contributed by atoms with Gasteiger partial charge in [-0.2, -0.15) is 0 Å². The Morgan fingerprint density at radius 3 is 2.65 bits per heavy atom. The van der Waals surface area contributed by atoms with E-state index in [-0.39, 0.29) is 21.6 Å². The maximum Gasteiger partial charge on any atom is 0.263 e. The van der Waals surface area contributed by atoms with Crippen LogP contribution in [0.2, 0.25) is 0 Å². The lowest BCUT2D eigenvalue weighted by Gasteiger charge is -2.10. The fourth-order valence-corrected chi connectivity index (χ4v) is 4.26. The molecule has 3 N–H and O–H groups in total. The third kappa shape index (κ3) is 3.00. The molecule has 0 aliphatic heterocycles. The van der Waals surface area contributed by atoms with Gasteiger partial charge in [-0.1, -0.05) is 0 Å². The molecular weight excluding hydrogens is 374 g/mol. The highest BCUT2D eigenvalue weighted by Gasteiger charge is 2.21. The highest BCUT2D eigenvalue weighted by molar-refractivity contribution is 9.10. The minimum atomic E-state index is -3.97. The minimum Gasteiger partial charge on any atom is -0.326 e. The van der Waals surface area contributed by atoms with Gasteiger partial charge in [0.2, 0.25) is 0 Å². The molecule has 20 heavy (non-hydrogen) atoms. The summed E-state index contributed by atoms with van der Waals surface area (Å²) in [6.45, 7) is 0.0590. The Morgan fingerprint density at radius 2 is 2.00 bits per heavy atom. The predicted molar refractivity (Wildman–Crippen MR) is 77.1 cm³/mol. The molecule has 0 aliphatic carbocycles. The molecule has 0 spiro atoms. The van der Waals surface area contributed by atoms with Crippen LogP contribution < -0.4 is 10.5 Å². The highest BCUT2D eigenvalue weighted by atomic mass is 79.9. The van der Waals surface area contributed by atoms with E-state index in [1.54, 1.807) is 5.38 Å². The maximum atomic E-state index is 13.6. The molecular formula is C11H9BrF2N2O2S2. The molecule has 4 nitrogen and oxygen atoms in total. The summed E-state index contributed by atoms with van der Waals surface area (Å²) in [5.74, 6) is -1.82. The van der Waals surface area contributed by atoms with Gasteiger partial charge in [-0.3, -0.25) is 4.72 Å². The lowest BCUT2D eigenvalue weighted by molar-refractivity contribution is 0.579. The highest BCUT2D eigenvalue weighted by Crippen LogP contribution is 2.28. The van der Waals surface area contributed by atoms with Crippen molar-refractivity contribution in [2.45, 2.75) is 11.4 Å². The second-order valence-electron chi connectivity index (χ2n) is 3.76. The first-order valence-electron chi connectivity index (χ1n) is 5.29. The number of halogens is 3. The molecule has 0 fully saturated rings. The van der Waals surface area contributed by atoms with E-state index < -0.39 is 21.7 Å². The molecule has 0 unspecified atom stereocenters. The van der Waals surface area contributed by atoms with Gasteiger partial charge in [-0.15, -0.1) is 11.3 Å². The first-order chi connectivity index (χ1) is 9.35. The van der Waals surface area contributed by atoms with Crippen molar-refractivity contribution in [1.82, 2.24) is 0 Å². The standard InChI is InChI=1S/C11H9BrF2N2O2S2/c12-6-3-9(8(14)4-7(6)13)16-20(17,18)11-1-2-19-10(11)5-15/h1-4,16H,5,15H2. The molecule has 1 heterocycles. The molecule has 0 aliphatic rings. The molecule has 1 aromatic heterocycles. The summed E-state index contributed by atoms with van der Waals surface area (Å²) in [7, 11) is -3.97. The zero-order chi connectivity index (χ0) is 14.9. The average molecular weight is 383 g/mol. The third-order valence-electron chi connectivity index (χ3n) is 2.43. The molecule has 1 aromatic carbocycles. The van der Waals surface area contributed by atoms with Crippen LogP contribution in [-0.2, 0) is 16.6 Å². The van der Waals surface area contributed by atoms with Crippen molar-refractivity contribution < 1.29 is 17.2 Å². The topological polar surface area (TPSA) is 72.2 Å². The number of benzene rings is 1. The van der Waals surface area contributed by atoms with Crippen LogP contribution in [-0.4, -0.2) is 8.42 Å². The number of hydrogen-bond acceptors (Lipinski definition) is 4. The largest absolute Gasteiger partial charge is 0.326 e. The van der Waals surface area contributed by atoms with Gasteiger partial charge >= 0.3 is 0 Å². The summed E-state index contributed by atoms with van der Waals surface area (Å²) in [5, 5.41) is 1.58. The molecule has 9 heteroatoms. The summed E-state index contributed by atoms with van der Waals surface area (Å²) < 4.78 is 53.0. The fraction of sp³-hybridized carbons (Fsp3) is 0.0909. The van der Waals surface area contributed by atoms with E-state index in [4.69, 9.17) is 5.73 Å². The first-order valence-corrected chi connectivity index (χ1v) is 8.44. The number of nitrogens with two attached hydrogens (primary N) is 1. The summed E-state index contributed by atoms with van der Waals surface area (Å²) in [4.78, 5) is 0.448. The van der Waals surface area contributed by atoms with Gasteiger partial charge in [0.05, 0.1) is 10.2 Å². The molecule has 108 valence electrons. The van der Waals surface area contributed by atoms with Crippen molar-refractivity contribution in [2.75, 3.05) is 4.72 Å². The quantitative estimate of drug-likeness (QED) is 0.798. The monoisotopic (exact) mass is 382 g/mol. The van der Waals surface area contributed by atoms with Gasteiger partial charge in [0, 0.05) is 17.5 Å². The zero-order valence-corrected chi connectivity index (χ0v) is 13.1. The lowest BCUT2D eigenvalue weighted by Crippen LogP contribution is -2.15. The molecule has 0 radical (unpaired) electrons. The maximum absolute atomic E-state index is 13.6. The average Bonchev–Trinajstić information content (AvgIpc) is 2.84. The summed E-state index contributed by atoms with van der Waals surface area (Å²) in [5.41, 5.74) is 5.11. The Labute approximate surface area is 126 Å². The molecule has 0 amide bonds. The zero-order valence-electron chi connectivity index (χ0n) is 9.86. The Kier molecular flexibility index (Phi) is 4.43. The van der Waals surface area contributed by atoms with Crippen molar-refractivity contribution in [3.8, 4) is 0 Å². The Morgan fingerprint density at radius 1 is 1.30 bits per heavy atom. The van der Waals surface area contributed by atoms with Crippen LogP contribution in [0.1, 0.15) is 4.88 Å². The number of nitrogens with one attached hydrogen (secondary N) is 1. The number of anilines is 1. The van der Waals surface area contributed by atoms with Crippen LogP contribution in [0.15, 0.2) is 32.9 Å². The number of rotatable bonds is 4. The summed E-state index contributed by atoms with van der Waals surface area (Å²) in [6, 6.07) is 3.00. The summed E-state index contributed by atoms with van der Waals surface area (Å²) >= 11 is 4.06. The molecule has 0 saturated carbocycles. The van der Waals surface area contributed by atoms with E-state index in [0.717, 1.165) is 6.07 Å². The van der Waals surface area contributed by atoms with Gasteiger partial charge in [0.25, 0.3) is 10.0 Å². The fourth-order valence-electron chi connectivity index (χ4n) is 1.52. The number of sulfonamides is 1. The molecule has 0 bridgehead atoms. The predicted octanol–water partition coefficient (Wildman–Crippen LogP) is 3.05. The summed E-state index contributed by atoms with van der Waals surface area (Å²) in [6.07, 6.45) is 0. The SMILES string of the molecule is NCc1sccc1S(=O)(=O)Nc1cc(Br)c(F)cc1F. The Hall–Kier alpha value is -1.03. The van der Waals surface area contributed by atoms with Crippen molar-refractivity contribution in [2.24, 2.45) is 5.73 Å². The Bertz CT molecular complexity index is 747. The second kappa shape index (κ2) is 5.76. The van der Waals surface area contributed by atoms with E-state index >= 15 is 0 Å². The Balaban J connectivity index is 2.41. The van der Waals surface area contributed by atoms with Gasteiger partial charge < -0.3 is 5.73 Å². The molecule has 2 rings (SSSR count). The van der Waals surface area contributed by atoms with Gasteiger partial charge in [-0.05, 0) is 33.4 Å². The van der Waals surface area contributed by atoms with E-state index in [1.807, 2.05) is 0 Å². The van der Waals surface area contributed by atoms with Gasteiger partial charge in [0.1, 0.15) is 16.5 Å². The van der Waals surface area contributed by atoms with Crippen LogP contribution in [0.4, 0.5) is 14.5 Å². The smallest absolute Gasteiger partial charge is 0.263 e. The lowest BCUT2D eigenvalue weighted by atomic mass is 10.3. The van der Waals surface area contributed by atoms with Crippen molar-refractivity contribution in [3.05, 3.63) is 44.6 Å². The van der Waals surface area contributed by atoms with Crippen LogP contribution in [0.3, 0.4) is 0 Å². The first kappa shape index (κ1) is 15.4. The van der Waals surface area contributed by atoms with E-state index in [0.29, 0.717) is 10.9 Å².